The van der Waals surface area contributed by atoms with Gasteiger partial charge in [-0.1, -0.05) is 23.7 Å². The number of nitrogens with one attached hydrogen (secondary N) is 2. The van der Waals surface area contributed by atoms with Gasteiger partial charge in [0.1, 0.15) is 12.2 Å². The minimum Gasteiger partial charge on any atom is -0.493 e. The number of barbiturate groups is 1. The van der Waals surface area contributed by atoms with Gasteiger partial charge in [-0.05, 0) is 57.4 Å². The van der Waals surface area contributed by atoms with Crippen molar-refractivity contribution >= 4 is 51.5 Å². The molecule has 0 aliphatic carbocycles. The van der Waals surface area contributed by atoms with Crippen LogP contribution in [0.4, 0.5) is 4.79 Å². The van der Waals surface area contributed by atoms with Gasteiger partial charge in [-0.3, -0.25) is 20.2 Å². The number of methoxy groups -OCH3 is 1. The Kier molecular flexibility index (Phi) is 6.01. The molecule has 4 amide bonds. The number of urea groups is 1. The molecule has 3 rings (SSSR count). The Morgan fingerprint density at radius 3 is 2.32 bits per heavy atom. The van der Waals surface area contributed by atoms with Crippen LogP contribution in [0.15, 0.2) is 46.4 Å². The fourth-order valence-electron chi connectivity index (χ4n) is 2.47. The van der Waals surface area contributed by atoms with Crippen molar-refractivity contribution in [1.82, 2.24) is 10.6 Å². The Morgan fingerprint density at radius 2 is 1.71 bits per heavy atom. The molecule has 28 heavy (non-hydrogen) atoms. The first-order valence-electron chi connectivity index (χ1n) is 8.00. The monoisotopic (exact) mass is 464 g/mol. The first-order valence-corrected chi connectivity index (χ1v) is 9.17. The highest BCUT2D eigenvalue weighted by Crippen LogP contribution is 2.38. The molecule has 0 aromatic heterocycles. The molecule has 1 aliphatic rings. The second-order valence-corrected chi connectivity index (χ2v) is 7.04. The van der Waals surface area contributed by atoms with Crippen molar-refractivity contribution in [2.45, 2.75) is 6.61 Å². The number of amides is 4. The number of rotatable bonds is 5. The minimum absolute atomic E-state index is 0.191. The molecule has 1 fully saturated rings. The van der Waals surface area contributed by atoms with Crippen molar-refractivity contribution in [3.8, 4) is 11.5 Å². The lowest BCUT2D eigenvalue weighted by atomic mass is 10.1. The first kappa shape index (κ1) is 19.9. The van der Waals surface area contributed by atoms with Crippen molar-refractivity contribution in [3.05, 3.63) is 62.6 Å². The van der Waals surface area contributed by atoms with E-state index in [0.717, 1.165) is 5.56 Å². The zero-order valence-corrected chi connectivity index (χ0v) is 16.9. The summed E-state index contributed by atoms with van der Waals surface area (Å²) in [6, 6.07) is 9.68. The van der Waals surface area contributed by atoms with Crippen molar-refractivity contribution < 1.29 is 23.9 Å². The summed E-state index contributed by atoms with van der Waals surface area (Å²) in [5, 5.41) is 4.68. The number of carbonyl (C=O) groups is 3. The summed E-state index contributed by atoms with van der Waals surface area (Å²) in [5.74, 6) is -0.672. The average Bonchev–Trinajstić information content (AvgIpc) is 2.64. The van der Waals surface area contributed by atoms with Crippen LogP contribution in [0.5, 0.6) is 11.5 Å². The Bertz CT molecular complexity index is 967. The fourth-order valence-corrected chi connectivity index (χ4v) is 3.17. The van der Waals surface area contributed by atoms with Gasteiger partial charge in [-0.2, -0.15) is 0 Å². The third-order valence-corrected chi connectivity index (χ3v) is 4.64. The van der Waals surface area contributed by atoms with Crippen LogP contribution in [0.1, 0.15) is 11.1 Å². The van der Waals surface area contributed by atoms with Crippen molar-refractivity contribution in [2.24, 2.45) is 0 Å². The SMILES string of the molecule is COc1cc(C=C2C(=O)NC(=O)NC2=O)cc(Br)c1OCc1ccc(Cl)cc1. The highest BCUT2D eigenvalue weighted by Gasteiger charge is 2.27. The number of imide groups is 2. The number of ether oxygens (including phenoxy) is 2. The fraction of sp³-hybridized carbons (Fsp3) is 0.105. The minimum atomic E-state index is -0.850. The molecule has 2 N–H and O–H groups in total. The summed E-state index contributed by atoms with van der Waals surface area (Å²) < 4.78 is 11.8. The van der Waals surface area contributed by atoms with E-state index in [-0.39, 0.29) is 5.57 Å². The zero-order chi connectivity index (χ0) is 20.3. The van der Waals surface area contributed by atoms with Crippen LogP contribution >= 0.6 is 27.5 Å². The van der Waals surface area contributed by atoms with E-state index in [9.17, 15) is 14.4 Å². The Labute approximate surface area is 173 Å². The number of carbonyl (C=O) groups excluding carboxylic acids is 3. The molecule has 1 saturated heterocycles. The summed E-state index contributed by atoms with van der Waals surface area (Å²) in [5.41, 5.74) is 1.24. The molecule has 9 heteroatoms. The maximum Gasteiger partial charge on any atom is 0.328 e. The van der Waals surface area contributed by atoms with Gasteiger partial charge in [0.05, 0.1) is 11.6 Å². The smallest absolute Gasteiger partial charge is 0.328 e. The molecule has 0 unspecified atom stereocenters. The van der Waals surface area contributed by atoms with Gasteiger partial charge < -0.3 is 9.47 Å². The summed E-state index contributed by atoms with van der Waals surface area (Å²) in [7, 11) is 1.48. The lowest BCUT2D eigenvalue weighted by molar-refractivity contribution is -0.123. The van der Waals surface area contributed by atoms with Gasteiger partial charge in [0.2, 0.25) is 0 Å². The van der Waals surface area contributed by atoms with Gasteiger partial charge >= 0.3 is 6.03 Å². The van der Waals surface area contributed by atoms with Gasteiger partial charge in [0.25, 0.3) is 11.8 Å². The van der Waals surface area contributed by atoms with Crippen LogP contribution in [-0.4, -0.2) is 25.0 Å². The predicted octanol–water partition coefficient (Wildman–Crippen LogP) is 3.44. The second-order valence-electron chi connectivity index (χ2n) is 5.74. The number of halogens is 2. The van der Waals surface area contributed by atoms with E-state index in [4.69, 9.17) is 21.1 Å². The van der Waals surface area contributed by atoms with Crippen molar-refractivity contribution in [2.75, 3.05) is 7.11 Å². The highest BCUT2D eigenvalue weighted by molar-refractivity contribution is 9.10. The lowest BCUT2D eigenvalue weighted by Crippen LogP contribution is -2.51. The molecule has 0 saturated carbocycles. The number of benzene rings is 2. The van der Waals surface area contributed by atoms with Crippen LogP contribution < -0.4 is 20.1 Å². The molecule has 144 valence electrons. The molecule has 0 radical (unpaired) electrons. The van der Waals surface area contributed by atoms with E-state index in [0.29, 0.717) is 33.2 Å². The highest BCUT2D eigenvalue weighted by atomic mass is 79.9. The Hall–Kier alpha value is -2.84. The van der Waals surface area contributed by atoms with Gasteiger partial charge in [0.15, 0.2) is 11.5 Å². The van der Waals surface area contributed by atoms with Crippen LogP contribution in [0.2, 0.25) is 5.02 Å². The van der Waals surface area contributed by atoms with E-state index in [2.05, 4.69) is 15.9 Å². The van der Waals surface area contributed by atoms with Gasteiger partial charge in [0, 0.05) is 5.02 Å². The topological polar surface area (TPSA) is 93.7 Å². The molecule has 0 bridgehead atoms. The maximum atomic E-state index is 11.9. The van der Waals surface area contributed by atoms with E-state index in [1.54, 1.807) is 24.3 Å². The third-order valence-electron chi connectivity index (χ3n) is 3.80. The van der Waals surface area contributed by atoms with E-state index < -0.39 is 17.8 Å². The second kappa shape index (κ2) is 8.45. The molecular formula is C19H14BrClN2O5. The summed E-state index contributed by atoms with van der Waals surface area (Å²) in [6.45, 7) is 0.291. The summed E-state index contributed by atoms with van der Waals surface area (Å²) >= 11 is 9.30. The van der Waals surface area contributed by atoms with E-state index in [1.165, 1.54) is 13.2 Å². The normalized spacial score (nSPS) is 13.7. The quantitative estimate of drug-likeness (QED) is 0.521. The molecule has 0 spiro atoms. The number of hydrogen-bond acceptors (Lipinski definition) is 5. The average molecular weight is 466 g/mol. The molecule has 1 heterocycles. The third kappa shape index (κ3) is 4.52. The molecular weight excluding hydrogens is 452 g/mol. The Morgan fingerprint density at radius 1 is 1.07 bits per heavy atom. The van der Waals surface area contributed by atoms with Crippen LogP contribution in [0, 0.1) is 0 Å². The Balaban J connectivity index is 1.86. The molecule has 1 aliphatic heterocycles. The van der Waals surface area contributed by atoms with E-state index >= 15 is 0 Å². The summed E-state index contributed by atoms with van der Waals surface area (Å²) in [6.07, 6.45) is 1.35. The molecule has 7 nitrogen and oxygen atoms in total. The van der Waals surface area contributed by atoms with Crippen molar-refractivity contribution in [3.63, 3.8) is 0 Å². The molecule has 2 aromatic carbocycles. The molecule has 0 atom stereocenters. The van der Waals surface area contributed by atoms with Gasteiger partial charge in [-0.15, -0.1) is 0 Å². The largest absolute Gasteiger partial charge is 0.493 e. The van der Waals surface area contributed by atoms with Crippen LogP contribution in [-0.2, 0) is 16.2 Å². The number of hydrogen-bond donors (Lipinski definition) is 2. The van der Waals surface area contributed by atoms with Crippen LogP contribution in [0.25, 0.3) is 6.08 Å². The summed E-state index contributed by atoms with van der Waals surface area (Å²) in [4.78, 5) is 34.9. The predicted molar refractivity (Wildman–Crippen MR) is 106 cm³/mol. The molecule has 2 aromatic rings. The van der Waals surface area contributed by atoms with Crippen molar-refractivity contribution in [1.29, 1.82) is 0 Å². The van der Waals surface area contributed by atoms with Crippen LogP contribution in [0.3, 0.4) is 0 Å². The zero-order valence-electron chi connectivity index (χ0n) is 14.5. The van der Waals surface area contributed by atoms with Gasteiger partial charge in [-0.25, -0.2) is 4.79 Å². The first-order chi connectivity index (χ1) is 13.4. The van der Waals surface area contributed by atoms with E-state index in [1.807, 2.05) is 22.8 Å². The maximum absolute atomic E-state index is 11.9. The standard InChI is InChI=1S/C19H14BrClN2O5/c1-27-15-8-11(6-13-17(24)22-19(26)23-18(13)25)7-14(20)16(15)28-9-10-2-4-12(21)5-3-10/h2-8H,9H2,1H3,(H2,22,23,24,25,26). The lowest BCUT2D eigenvalue weighted by Gasteiger charge is -2.16.